The lowest BCUT2D eigenvalue weighted by Crippen LogP contribution is -1.99. The highest BCUT2D eigenvalue weighted by Gasteiger charge is 2.14. The van der Waals surface area contributed by atoms with Crippen molar-refractivity contribution in [2.24, 2.45) is 0 Å². The Bertz CT molecular complexity index is 1090. The van der Waals surface area contributed by atoms with Gasteiger partial charge in [0, 0.05) is 33.3 Å². The summed E-state index contributed by atoms with van der Waals surface area (Å²) in [5.74, 6) is 1.68. The van der Waals surface area contributed by atoms with Crippen LogP contribution in [0.2, 0.25) is 0 Å². The number of aryl methyl sites for hydroxylation is 1. The van der Waals surface area contributed by atoms with E-state index in [1.807, 2.05) is 12.1 Å². The Morgan fingerprint density at radius 3 is 2.61 bits per heavy atom. The van der Waals surface area contributed by atoms with Gasteiger partial charge in [0.2, 0.25) is 0 Å². The molecule has 0 amide bonds. The Kier molecular flexibility index (Phi) is 5.94. The van der Waals surface area contributed by atoms with Crippen LogP contribution in [-0.4, -0.2) is 19.7 Å². The third-order valence-electron chi connectivity index (χ3n) is 4.41. The molecule has 0 aliphatic rings. The van der Waals surface area contributed by atoms with Crippen molar-refractivity contribution in [3.05, 3.63) is 69.6 Å². The summed E-state index contributed by atoms with van der Waals surface area (Å²) in [7, 11) is 0. The van der Waals surface area contributed by atoms with Crippen LogP contribution in [-0.2, 0) is 12.3 Å². The molecule has 0 aliphatic carbocycles. The molecule has 0 aliphatic heterocycles. The van der Waals surface area contributed by atoms with Gasteiger partial charge < -0.3 is 4.57 Å². The fraction of sp³-hybridized carbons (Fsp3) is 0.190. The predicted octanol–water partition coefficient (Wildman–Crippen LogP) is 6.45. The first kappa shape index (κ1) is 19.4. The molecule has 0 atom stereocenters. The minimum absolute atomic E-state index is 0.779. The molecule has 28 heavy (non-hydrogen) atoms. The maximum absolute atomic E-state index is 4.82. The van der Waals surface area contributed by atoms with Gasteiger partial charge in [0.1, 0.15) is 5.01 Å². The van der Waals surface area contributed by atoms with Crippen molar-refractivity contribution in [1.82, 2.24) is 19.7 Å². The van der Waals surface area contributed by atoms with Crippen LogP contribution in [0.5, 0.6) is 0 Å². The summed E-state index contributed by atoms with van der Waals surface area (Å²) in [4.78, 5) is 4.82. The van der Waals surface area contributed by atoms with Gasteiger partial charge in [-0.25, -0.2) is 4.98 Å². The van der Waals surface area contributed by atoms with Crippen molar-refractivity contribution in [3.8, 4) is 22.0 Å². The standard InChI is InChI=1S/C21H19BrN4S2/c1-3-26-19(15-8-10-16(22)11-9-15)24-25-21(26)28-13-17-12-27-20(23-17)18-7-5-4-6-14(18)2/h4-12H,3,13H2,1-2H3. The number of benzene rings is 2. The summed E-state index contributed by atoms with van der Waals surface area (Å²) in [5, 5.41) is 13.0. The Labute approximate surface area is 181 Å². The minimum Gasteiger partial charge on any atom is -0.302 e. The van der Waals surface area contributed by atoms with Crippen LogP contribution in [0, 0.1) is 6.92 Å². The van der Waals surface area contributed by atoms with Crippen LogP contribution < -0.4 is 0 Å². The molecule has 0 saturated carbocycles. The van der Waals surface area contributed by atoms with E-state index in [0.29, 0.717) is 0 Å². The Hall–Kier alpha value is -1.96. The fourth-order valence-electron chi connectivity index (χ4n) is 2.94. The average Bonchev–Trinajstić information content (AvgIpc) is 3.34. The van der Waals surface area contributed by atoms with Gasteiger partial charge in [-0.2, -0.15) is 0 Å². The fourth-order valence-corrected chi connectivity index (χ4v) is 5.12. The third kappa shape index (κ3) is 4.06. The minimum atomic E-state index is 0.779. The molecule has 2 heterocycles. The third-order valence-corrected chi connectivity index (χ3v) is 6.87. The monoisotopic (exact) mass is 470 g/mol. The number of halogens is 1. The van der Waals surface area contributed by atoms with E-state index in [1.165, 1.54) is 11.1 Å². The molecule has 0 fully saturated rings. The van der Waals surface area contributed by atoms with Crippen molar-refractivity contribution in [2.45, 2.75) is 31.3 Å². The summed E-state index contributed by atoms with van der Waals surface area (Å²) in [5.41, 5.74) is 4.60. The molecule has 4 rings (SSSR count). The van der Waals surface area contributed by atoms with Crippen LogP contribution in [0.1, 0.15) is 18.2 Å². The molecule has 4 nitrogen and oxygen atoms in total. The van der Waals surface area contributed by atoms with Gasteiger partial charge in [-0.05, 0) is 31.5 Å². The van der Waals surface area contributed by atoms with Gasteiger partial charge in [-0.15, -0.1) is 21.5 Å². The van der Waals surface area contributed by atoms with E-state index in [-0.39, 0.29) is 0 Å². The lowest BCUT2D eigenvalue weighted by Gasteiger charge is -2.07. The molecule has 0 radical (unpaired) electrons. The topological polar surface area (TPSA) is 43.6 Å². The van der Waals surface area contributed by atoms with Crippen molar-refractivity contribution in [2.75, 3.05) is 0 Å². The Balaban J connectivity index is 1.51. The Morgan fingerprint density at radius 2 is 1.86 bits per heavy atom. The number of aromatic nitrogens is 4. The number of rotatable bonds is 6. The second kappa shape index (κ2) is 8.59. The van der Waals surface area contributed by atoms with Crippen molar-refractivity contribution in [1.29, 1.82) is 0 Å². The first-order chi connectivity index (χ1) is 13.7. The number of nitrogens with zero attached hydrogens (tertiary/aromatic N) is 4. The van der Waals surface area contributed by atoms with Crippen LogP contribution >= 0.6 is 39.0 Å². The molecule has 0 bridgehead atoms. The highest BCUT2D eigenvalue weighted by atomic mass is 79.9. The summed E-state index contributed by atoms with van der Waals surface area (Å²) in [6, 6.07) is 16.5. The predicted molar refractivity (Wildman–Crippen MR) is 121 cm³/mol. The number of hydrogen-bond donors (Lipinski definition) is 0. The first-order valence-electron chi connectivity index (χ1n) is 8.98. The Morgan fingerprint density at radius 1 is 1.07 bits per heavy atom. The van der Waals surface area contributed by atoms with E-state index in [1.54, 1.807) is 23.1 Å². The summed E-state index contributed by atoms with van der Waals surface area (Å²) in [6.07, 6.45) is 0. The molecule has 2 aromatic carbocycles. The molecular weight excluding hydrogens is 452 g/mol. The van der Waals surface area contributed by atoms with Crippen LogP contribution in [0.15, 0.2) is 63.5 Å². The maximum Gasteiger partial charge on any atom is 0.191 e. The van der Waals surface area contributed by atoms with Crippen LogP contribution in [0.3, 0.4) is 0 Å². The molecule has 0 spiro atoms. The zero-order chi connectivity index (χ0) is 19.5. The summed E-state index contributed by atoms with van der Waals surface area (Å²) >= 11 is 6.85. The van der Waals surface area contributed by atoms with Crippen LogP contribution in [0.25, 0.3) is 22.0 Å². The SMILES string of the molecule is CCn1c(SCc2csc(-c3ccccc3C)n2)nnc1-c1ccc(Br)cc1. The van der Waals surface area contributed by atoms with E-state index in [2.05, 4.69) is 86.3 Å². The molecule has 0 unspecified atom stereocenters. The van der Waals surface area contributed by atoms with Crippen molar-refractivity contribution < 1.29 is 0 Å². The summed E-state index contributed by atoms with van der Waals surface area (Å²) < 4.78 is 3.21. The second-order valence-corrected chi connectivity index (χ2v) is 9.02. The maximum atomic E-state index is 4.82. The van der Waals surface area contributed by atoms with Crippen molar-refractivity contribution >= 4 is 39.0 Å². The first-order valence-corrected chi connectivity index (χ1v) is 11.6. The van der Waals surface area contributed by atoms with E-state index in [4.69, 9.17) is 4.98 Å². The largest absolute Gasteiger partial charge is 0.302 e. The zero-order valence-corrected chi connectivity index (χ0v) is 18.8. The molecule has 7 heteroatoms. The van der Waals surface area contributed by atoms with Gasteiger partial charge in [-0.3, -0.25) is 0 Å². The van der Waals surface area contributed by atoms with Crippen molar-refractivity contribution in [3.63, 3.8) is 0 Å². The smallest absolute Gasteiger partial charge is 0.191 e. The van der Waals surface area contributed by atoms with E-state index < -0.39 is 0 Å². The second-order valence-electron chi connectivity index (χ2n) is 6.30. The van der Waals surface area contributed by atoms with E-state index in [0.717, 1.165) is 44.0 Å². The van der Waals surface area contributed by atoms with Gasteiger partial charge in [0.05, 0.1) is 5.69 Å². The summed E-state index contributed by atoms with van der Waals surface area (Å²) in [6.45, 7) is 5.07. The van der Waals surface area contributed by atoms with Crippen LogP contribution in [0.4, 0.5) is 0 Å². The van der Waals surface area contributed by atoms with E-state index in [9.17, 15) is 0 Å². The normalized spacial score (nSPS) is 11.1. The average molecular weight is 471 g/mol. The van der Waals surface area contributed by atoms with Gasteiger partial charge in [-0.1, -0.05) is 64.1 Å². The lowest BCUT2D eigenvalue weighted by molar-refractivity contribution is 0.687. The quantitative estimate of drug-likeness (QED) is 0.303. The number of thioether (sulfide) groups is 1. The molecule has 4 aromatic rings. The zero-order valence-electron chi connectivity index (χ0n) is 15.6. The van der Waals surface area contributed by atoms with E-state index >= 15 is 0 Å². The number of thiazole rings is 1. The van der Waals surface area contributed by atoms with Gasteiger partial charge in [0.15, 0.2) is 11.0 Å². The molecule has 0 N–H and O–H groups in total. The molecule has 142 valence electrons. The molecule has 2 aromatic heterocycles. The molecule has 0 saturated heterocycles. The lowest BCUT2D eigenvalue weighted by atomic mass is 10.1. The highest BCUT2D eigenvalue weighted by molar-refractivity contribution is 9.10. The highest BCUT2D eigenvalue weighted by Crippen LogP contribution is 2.30. The molecular formula is C21H19BrN4S2. The van der Waals surface area contributed by atoms with Gasteiger partial charge in [0.25, 0.3) is 0 Å². The van der Waals surface area contributed by atoms with Gasteiger partial charge >= 0.3 is 0 Å². The number of hydrogen-bond acceptors (Lipinski definition) is 5.